The predicted octanol–water partition coefficient (Wildman–Crippen LogP) is 1.03. The number of hydrogen-bond acceptors (Lipinski definition) is 5. The minimum Gasteiger partial charge on any atom is -0.497 e. The lowest BCUT2D eigenvalue weighted by Gasteiger charge is -2.38. The third-order valence-corrected chi connectivity index (χ3v) is 4.44. The number of nitrogens with one attached hydrogen (secondary N) is 1. The predicted molar refractivity (Wildman–Crippen MR) is 87.5 cm³/mol. The van der Waals surface area contributed by atoms with Crippen LogP contribution in [0, 0.1) is 0 Å². The first-order valence-electron chi connectivity index (χ1n) is 7.92. The van der Waals surface area contributed by atoms with Gasteiger partial charge in [0.05, 0.1) is 18.5 Å². The molecule has 116 valence electrons. The number of nitrogens with zero attached hydrogens (tertiary/aromatic N) is 2. The van der Waals surface area contributed by atoms with Crippen LogP contribution in [0.25, 0.3) is 0 Å². The topological polar surface area (TPSA) is 53.8 Å². The molecule has 2 heterocycles. The summed E-state index contributed by atoms with van der Waals surface area (Å²) in [5, 5.41) is 3.41. The van der Waals surface area contributed by atoms with Crippen molar-refractivity contribution in [2.24, 2.45) is 5.73 Å². The SMILES string of the molecule is COc1ccc(N2CCC[C@@H](N)C2)c(N2CCNCC2)c1. The molecular formula is C16H26N4O. The molecule has 1 aromatic rings. The van der Waals surface area contributed by atoms with Gasteiger partial charge in [0.25, 0.3) is 0 Å². The van der Waals surface area contributed by atoms with Gasteiger partial charge in [-0.05, 0) is 25.0 Å². The zero-order valence-corrected chi connectivity index (χ0v) is 12.8. The molecule has 0 spiro atoms. The van der Waals surface area contributed by atoms with E-state index in [0.717, 1.165) is 51.4 Å². The van der Waals surface area contributed by atoms with E-state index in [0.29, 0.717) is 0 Å². The van der Waals surface area contributed by atoms with Crippen molar-refractivity contribution in [2.75, 3.05) is 56.2 Å². The van der Waals surface area contributed by atoms with Crippen molar-refractivity contribution in [1.29, 1.82) is 0 Å². The van der Waals surface area contributed by atoms with Crippen LogP contribution < -0.4 is 25.6 Å². The van der Waals surface area contributed by atoms with Crippen molar-refractivity contribution >= 4 is 11.4 Å². The Morgan fingerprint density at radius 1 is 1.14 bits per heavy atom. The summed E-state index contributed by atoms with van der Waals surface area (Å²) in [5.41, 5.74) is 8.74. The van der Waals surface area contributed by atoms with E-state index in [1.165, 1.54) is 17.8 Å². The van der Waals surface area contributed by atoms with Crippen molar-refractivity contribution in [2.45, 2.75) is 18.9 Å². The van der Waals surface area contributed by atoms with E-state index < -0.39 is 0 Å². The molecule has 0 saturated carbocycles. The summed E-state index contributed by atoms with van der Waals surface area (Å²) in [7, 11) is 1.73. The second-order valence-electron chi connectivity index (χ2n) is 5.94. The van der Waals surface area contributed by atoms with Gasteiger partial charge in [0.2, 0.25) is 0 Å². The lowest BCUT2D eigenvalue weighted by molar-refractivity contribution is 0.414. The molecule has 2 aliphatic rings. The minimum atomic E-state index is 0.289. The van der Waals surface area contributed by atoms with Crippen molar-refractivity contribution in [1.82, 2.24) is 5.32 Å². The van der Waals surface area contributed by atoms with Gasteiger partial charge < -0.3 is 25.6 Å². The van der Waals surface area contributed by atoms with Crippen LogP contribution in [0.5, 0.6) is 5.75 Å². The second-order valence-corrected chi connectivity index (χ2v) is 5.94. The number of rotatable bonds is 3. The minimum absolute atomic E-state index is 0.289. The molecule has 2 saturated heterocycles. The molecular weight excluding hydrogens is 264 g/mol. The number of ether oxygens (including phenoxy) is 1. The molecule has 0 aromatic heterocycles. The smallest absolute Gasteiger partial charge is 0.121 e. The van der Waals surface area contributed by atoms with Gasteiger partial charge in [0.1, 0.15) is 5.75 Å². The van der Waals surface area contributed by atoms with Crippen LogP contribution in [0.2, 0.25) is 0 Å². The molecule has 0 aliphatic carbocycles. The zero-order chi connectivity index (χ0) is 14.7. The normalized spacial score (nSPS) is 23.2. The monoisotopic (exact) mass is 290 g/mol. The summed E-state index contributed by atoms with van der Waals surface area (Å²) in [5.74, 6) is 0.925. The first-order valence-corrected chi connectivity index (χ1v) is 7.92. The maximum atomic E-state index is 6.16. The van der Waals surface area contributed by atoms with Crippen LogP contribution in [0.3, 0.4) is 0 Å². The van der Waals surface area contributed by atoms with Gasteiger partial charge >= 0.3 is 0 Å². The van der Waals surface area contributed by atoms with Crippen LogP contribution >= 0.6 is 0 Å². The summed E-state index contributed by atoms with van der Waals surface area (Å²) in [6.07, 6.45) is 2.31. The highest BCUT2D eigenvalue weighted by Crippen LogP contribution is 2.34. The molecule has 5 heteroatoms. The number of piperidine rings is 1. The highest BCUT2D eigenvalue weighted by molar-refractivity contribution is 5.73. The summed E-state index contributed by atoms with van der Waals surface area (Å²) in [6.45, 7) is 6.21. The van der Waals surface area contributed by atoms with Crippen molar-refractivity contribution in [3.63, 3.8) is 0 Å². The van der Waals surface area contributed by atoms with E-state index in [2.05, 4.69) is 33.3 Å². The lowest BCUT2D eigenvalue weighted by atomic mass is 10.0. The molecule has 3 rings (SSSR count). The highest BCUT2D eigenvalue weighted by Gasteiger charge is 2.22. The molecule has 5 nitrogen and oxygen atoms in total. The maximum absolute atomic E-state index is 6.16. The van der Waals surface area contributed by atoms with Gasteiger partial charge in [-0.2, -0.15) is 0 Å². The third kappa shape index (κ3) is 3.24. The Morgan fingerprint density at radius 2 is 1.95 bits per heavy atom. The molecule has 0 amide bonds. The average molecular weight is 290 g/mol. The van der Waals surface area contributed by atoms with Gasteiger partial charge in [-0.15, -0.1) is 0 Å². The van der Waals surface area contributed by atoms with Gasteiger partial charge in [-0.25, -0.2) is 0 Å². The largest absolute Gasteiger partial charge is 0.497 e. The Kier molecular flexibility index (Phi) is 4.51. The molecule has 0 radical (unpaired) electrons. The number of anilines is 2. The molecule has 1 aromatic carbocycles. The summed E-state index contributed by atoms with van der Waals surface area (Å²) >= 11 is 0. The first-order chi connectivity index (χ1) is 10.3. The molecule has 0 bridgehead atoms. The Labute approximate surface area is 127 Å². The molecule has 2 fully saturated rings. The van der Waals surface area contributed by atoms with Crippen molar-refractivity contribution in [3.8, 4) is 5.75 Å². The van der Waals surface area contributed by atoms with Crippen LogP contribution in [0.15, 0.2) is 18.2 Å². The van der Waals surface area contributed by atoms with E-state index in [-0.39, 0.29) is 6.04 Å². The number of hydrogen-bond donors (Lipinski definition) is 2. The van der Waals surface area contributed by atoms with E-state index in [4.69, 9.17) is 10.5 Å². The summed E-state index contributed by atoms with van der Waals surface area (Å²) in [4.78, 5) is 4.89. The van der Waals surface area contributed by atoms with E-state index in [1.807, 2.05) is 0 Å². The molecule has 21 heavy (non-hydrogen) atoms. The summed E-state index contributed by atoms with van der Waals surface area (Å²) < 4.78 is 5.42. The number of nitrogens with two attached hydrogens (primary N) is 1. The average Bonchev–Trinajstić information content (AvgIpc) is 2.55. The Balaban J connectivity index is 1.90. The fraction of sp³-hybridized carbons (Fsp3) is 0.625. The quantitative estimate of drug-likeness (QED) is 0.871. The van der Waals surface area contributed by atoms with Crippen molar-refractivity contribution in [3.05, 3.63) is 18.2 Å². The Hall–Kier alpha value is -1.46. The van der Waals surface area contributed by atoms with Gasteiger partial charge in [-0.3, -0.25) is 0 Å². The Bertz CT molecular complexity index is 473. The molecule has 3 N–H and O–H groups in total. The fourth-order valence-electron chi connectivity index (χ4n) is 3.29. The molecule has 1 atom stereocenters. The lowest BCUT2D eigenvalue weighted by Crippen LogP contribution is -2.46. The zero-order valence-electron chi connectivity index (χ0n) is 12.8. The van der Waals surface area contributed by atoms with Crippen molar-refractivity contribution < 1.29 is 4.74 Å². The number of benzene rings is 1. The number of piperazine rings is 1. The third-order valence-electron chi connectivity index (χ3n) is 4.44. The van der Waals surface area contributed by atoms with Gasteiger partial charge in [0.15, 0.2) is 0 Å². The maximum Gasteiger partial charge on any atom is 0.121 e. The van der Waals surface area contributed by atoms with Crippen LogP contribution in [-0.2, 0) is 0 Å². The van der Waals surface area contributed by atoms with Crippen LogP contribution in [0.1, 0.15) is 12.8 Å². The fourth-order valence-corrected chi connectivity index (χ4v) is 3.29. The van der Waals surface area contributed by atoms with Gasteiger partial charge in [-0.1, -0.05) is 0 Å². The van der Waals surface area contributed by atoms with E-state index >= 15 is 0 Å². The van der Waals surface area contributed by atoms with E-state index in [1.54, 1.807) is 7.11 Å². The summed E-state index contributed by atoms with van der Waals surface area (Å²) in [6, 6.07) is 6.70. The first kappa shape index (κ1) is 14.5. The molecule has 2 aliphatic heterocycles. The van der Waals surface area contributed by atoms with E-state index in [9.17, 15) is 0 Å². The van der Waals surface area contributed by atoms with Gasteiger partial charge in [0, 0.05) is 51.4 Å². The second kappa shape index (κ2) is 6.54. The molecule has 0 unspecified atom stereocenters. The Morgan fingerprint density at radius 3 is 2.67 bits per heavy atom. The standard InChI is InChI=1S/C16H26N4O/c1-21-14-4-5-15(20-8-2-3-13(17)12-20)16(11-14)19-9-6-18-7-10-19/h4-5,11,13,18H,2-3,6-10,12,17H2,1H3/t13-/m1/s1. The number of methoxy groups -OCH3 is 1. The highest BCUT2D eigenvalue weighted by atomic mass is 16.5. The van der Waals surface area contributed by atoms with Crippen LogP contribution in [0.4, 0.5) is 11.4 Å². The van der Waals surface area contributed by atoms with Crippen LogP contribution in [-0.4, -0.2) is 52.4 Å².